The Kier molecular flexibility index (Phi) is 1.99. The smallest absolute Gasteiger partial charge is 0.115 e. The summed E-state index contributed by atoms with van der Waals surface area (Å²) in [5.74, 6) is 0. The zero-order valence-electron chi connectivity index (χ0n) is 6.10. The minimum Gasteiger partial charge on any atom is -0.628 e. The van der Waals surface area contributed by atoms with E-state index in [1.807, 2.05) is 13.0 Å². The van der Waals surface area contributed by atoms with Crippen LogP contribution in [0.2, 0.25) is 0 Å². The van der Waals surface area contributed by atoms with E-state index in [9.17, 15) is 5.21 Å². The second-order valence-electron chi connectivity index (χ2n) is 2.80. The summed E-state index contributed by atoms with van der Waals surface area (Å²) in [6.07, 6.45) is 3.67. The summed E-state index contributed by atoms with van der Waals surface area (Å²) in [6.45, 7) is 2.44. The van der Waals surface area contributed by atoms with Crippen LogP contribution in [0, 0.1) is 5.21 Å². The quantitative estimate of drug-likeness (QED) is 0.437. The number of allylic oxidation sites excluding steroid dienone is 2. The van der Waals surface area contributed by atoms with Gasteiger partial charge in [0.2, 0.25) is 0 Å². The van der Waals surface area contributed by atoms with Crippen molar-refractivity contribution in [2.45, 2.75) is 6.92 Å². The van der Waals surface area contributed by atoms with Gasteiger partial charge in [0.1, 0.15) is 6.54 Å². The number of nitrogens with zero attached hydrogens (tertiary/aromatic N) is 1. The second-order valence-corrected chi connectivity index (χ2v) is 3.82. The molecule has 1 aliphatic heterocycles. The van der Waals surface area contributed by atoms with Crippen molar-refractivity contribution < 1.29 is 4.65 Å². The van der Waals surface area contributed by atoms with Crippen LogP contribution >= 0.6 is 15.9 Å². The van der Waals surface area contributed by atoms with Gasteiger partial charge in [-0.15, -0.1) is 0 Å². The van der Waals surface area contributed by atoms with Crippen molar-refractivity contribution in [3.8, 4) is 0 Å². The Bertz CT molecular complexity index is 206. The lowest BCUT2D eigenvalue weighted by atomic mass is 10.2. The van der Waals surface area contributed by atoms with E-state index in [1.54, 1.807) is 13.2 Å². The largest absolute Gasteiger partial charge is 0.628 e. The van der Waals surface area contributed by atoms with Crippen LogP contribution in [0.1, 0.15) is 6.92 Å². The van der Waals surface area contributed by atoms with E-state index >= 15 is 0 Å². The predicted octanol–water partition coefficient (Wildman–Crippen LogP) is 2.13. The average molecular weight is 204 g/mol. The van der Waals surface area contributed by atoms with Gasteiger partial charge in [0, 0.05) is 5.57 Å². The molecule has 56 valence electrons. The van der Waals surface area contributed by atoms with Crippen molar-refractivity contribution in [2.24, 2.45) is 0 Å². The molecule has 10 heavy (non-hydrogen) atoms. The van der Waals surface area contributed by atoms with Crippen molar-refractivity contribution >= 4 is 15.9 Å². The molecule has 0 fully saturated rings. The average Bonchev–Trinajstić information content (AvgIpc) is 1.54. The minimum atomic E-state index is -0.303. The van der Waals surface area contributed by atoms with Crippen LogP contribution in [0.15, 0.2) is 22.3 Å². The van der Waals surface area contributed by atoms with E-state index in [0.29, 0.717) is 6.54 Å². The molecule has 0 saturated heterocycles. The third-order valence-electron chi connectivity index (χ3n) is 1.33. The van der Waals surface area contributed by atoms with Crippen LogP contribution in [0.25, 0.3) is 0 Å². The van der Waals surface area contributed by atoms with Crippen LogP contribution in [-0.2, 0) is 0 Å². The highest BCUT2D eigenvalue weighted by molar-refractivity contribution is 9.11. The zero-order chi connectivity index (χ0) is 7.78. The lowest BCUT2D eigenvalue weighted by molar-refractivity contribution is -0.802. The lowest BCUT2D eigenvalue weighted by Crippen LogP contribution is -2.34. The fraction of sp³-hybridized carbons (Fsp3) is 0.429. The van der Waals surface area contributed by atoms with Gasteiger partial charge in [0.15, 0.2) is 0 Å². The summed E-state index contributed by atoms with van der Waals surface area (Å²) in [5.41, 5.74) is 1.02. The SMILES string of the molecule is CC1=C[N+](C)([O-])CC(Br)=C1. The number of halogens is 1. The van der Waals surface area contributed by atoms with Crippen molar-refractivity contribution in [3.63, 3.8) is 0 Å². The van der Waals surface area contributed by atoms with Crippen LogP contribution in [0.3, 0.4) is 0 Å². The first-order valence-electron chi connectivity index (χ1n) is 3.11. The van der Waals surface area contributed by atoms with Gasteiger partial charge in [0.25, 0.3) is 0 Å². The normalized spacial score (nSPS) is 33.2. The fourth-order valence-corrected chi connectivity index (χ4v) is 1.97. The summed E-state index contributed by atoms with van der Waals surface area (Å²) in [7, 11) is 1.64. The summed E-state index contributed by atoms with van der Waals surface area (Å²) >= 11 is 3.31. The number of quaternary nitrogens is 1. The first kappa shape index (κ1) is 7.98. The molecule has 3 heteroatoms. The summed E-state index contributed by atoms with van der Waals surface area (Å²) in [5, 5.41) is 11.3. The molecule has 1 unspecified atom stereocenters. The number of likely N-dealkylation sites (N-methyl/N-ethyl adjacent to an activating group) is 1. The van der Waals surface area contributed by atoms with Gasteiger partial charge in [-0.1, -0.05) is 0 Å². The molecule has 0 bridgehead atoms. The second kappa shape index (κ2) is 2.49. The Labute approximate surface area is 69.1 Å². The van der Waals surface area contributed by atoms with Crippen LogP contribution < -0.4 is 0 Å². The van der Waals surface area contributed by atoms with Crippen molar-refractivity contribution in [1.82, 2.24) is 0 Å². The number of hydrogen-bond donors (Lipinski definition) is 0. The summed E-state index contributed by atoms with van der Waals surface area (Å²) in [4.78, 5) is 0. The molecule has 0 aliphatic carbocycles. The molecule has 0 aromatic heterocycles. The molecule has 0 spiro atoms. The summed E-state index contributed by atoms with van der Waals surface area (Å²) < 4.78 is 0.674. The van der Waals surface area contributed by atoms with Crippen LogP contribution in [-0.4, -0.2) is 18.2 Å². The third-order valence-corrected chi connectivity index (χ3v) is 1.81. The van der Waals surface area contributed by atoms with E-state index in [4.69, 9.17) is 0 Å². The Balaban J connectivity index is 2.88. The highest BCUT2D eigenvalue weighted by Crippen LogP contribution is 2.21. The highest BCUT2D eigenvalue weighted by atomic mass is 79.9. The topological polar surface area (TPSA) is 23.1 Å². The molecular weight excluding hydrogens is 194 g/mol. The van der Waals surface area contributed by atoms with Crippen LogP contribution in [0.5, 0.6) is 0 Å². The van der Waals surface area contributed by atoms with Crippen LogP contribution in [0.4, 0.5) is 0 Å². The van der Waals surface area contributed by atoms with E-state index < -0.39 is 0 Å². The molecule has 0 aromatic carbocycles. The summed E-state index contributed by atoms with van der Waals surface area (Å²) in [6, 6.07) is 0. The van der Waals surface area contributed by atoms with E-state index in [1.165, 1.54) is 0 Å². The molecule has 1 rings (SSSR count). The maximum Gasteiger partial charge on any atom is 0.115 e. The van der Waals surface area contributed by atoms with Gasteiger partial charge in [-0.2, -0.15) is 0 Å². The zero-order valence-corrected chi connectivity index (χ0v) is 7.68. The maximum atomic E-state index is 11.3. The van der Waals surface area contributed by atoms with Crippen molar-refractivity contribution in [1.29, 1.82) is 0 Å². The van der Waals surface area contributed by atoms with Gasteiger partial charge >= 0.3 is 0 Å². The number of hydrogen-bond acceptors (Lipinski definition) is 1. The van der Waals surface area contributed by atoms with E-state index in [0.717, 1.165) is 10.1 Å². The first-order valence-corrected chi connectivity index (χ1v) is 3.91. The number of rotatable bonds is 0. The molecule has 0 saturated carbocycles. The van der Waals surface area contributed by atoms with Crippen molar-refractivity contribution in [2.75, 3.05) is 13.6 Å². The third kappa shape index (κ3) is 1.94. The molecule has 1 heterocycles. The predicted molar refractivity (Wildman–Crippen MR) is 45.2 cm³/mol. The fourth-order valence-electron chi connectivity index (χ4n) is 1.11. The Morgan fingerprint density at radius 2 is 2.30 bits per heavy atom. The monoisotopic (exact) mass is 203 g/mol. The van der Waals surface area contributed by atoms with Crippen molar-refractivity contribution in [3.05, 3.63) is 27.5 Å². The first-order chi connectivity index (χ1) is 4.49. The molecule has 0 aromatic rings. The molecule has 2 nitrogen and oxygen atoms in total. The molecule has 0 radical (unpaired) electrons. The Morgan fingerprint density at radius 1 is 1.70 bits per heavy atom. The minimum absolute atomic E-state index is 0.303. The number of hydroxylamine groups is 3. The van der Waals surface area contributed by atoms with E-state index in [-0.39, 0.29) is 4.65 Å². The standard InChI is InChI=1S/C7H10BrNO/c1-6-3-7(8)5-9(2,10)4-6/h3-4H,5H2,1-2H3. The Hall–Kier alpha value is -0.120. The van der Waals surface area contributed by atoms with E-state index in [2.05, 4.69) is 15.9 Å². The van der Waals surface area contributed by atoms with Gasteiger partial charge in [-0.3, -0.25) is 0 Å². The van der Waals surface area contributed by atoms with Gasteiger partial charge in [-0.25, -0.2) is 0 Å². The molecular formula is C7H10BrNO. The lowest BCUT2D eigenvalue weighted by Gasteiger charge is -2.36. The molecule has 1 atom stereocenters. The van der Waals surface area contributed by atoms with Gasteiger partial charge < -0.3 is 9.85 Å². The molecule has 1 aliphatic rings. The molecule has 0 N–H and O–H groups in total. The highest BCUT2D eigenvalue weighted by Gasteiger charge is 2.13. The maximum absolute atomic E-state index is 11.3. The molecule has 0 amide bonds. The van der Waals surface area contributed by atoms with Gasteiger partial charge in [-0.05, 0) is 28.9 Å². The van der Waals surface area contributed by atoms with Gasteiger partial charge in [0.05, 0.1) is 17.7 Å². The Morgan fingerprint density at radius 3 is 2.70 bits per heavy atom.